The third-order valence-electron chi connectivity index (χ3n) is 2.85. The highest BCUT2D eigenvalue weighted by molar-refractivity contribution is 5.94. The molecule has 0 saturated heterocycles. The molecule has 1 saturated carbocycles. The summed E-state index contributed by atoms with van der Waals surface area (Å²) in [7, 11) is 0. The maximum absolute atomic E-state index is 11.7. The number of aryl methyl sites for hydroxylation is 1. The third-order valence-corrected chi connectivity index (χ3v) is 2.85. The molecule has 5 heteroatoms. The van der Waals surface area contributed by atoms with Gasteiger partial charge in [0.25, 0.3) is 0 Å². The van der Waals surface area contributed by atoms with Crippen molar-refractivity contribution in [3.05, 3.63) is 30.2 Å². The van der Waals surface area contributed by atoms with E-state index in [-0.39, 0.29) is 11.8 Å². The fourth-order valence-electron chi connectivity index (χ4n) is 1.73. The Morgan fingerprint density at radius 2 is 2.22 bits per heavy atom. The Kier molecular flexibility index (Phi) is 2.59. The van der Waals surface area contributed by atoms with Crippen LogP contribution in [0.25, 0.3) is 11.5 Å². The van der Waals surface area contributed by atoms with Gasteiger partial charge in [-0.3, -0.25) is 4.79 Å². The summed E-state index contributed by atoms with van der Waals surface area (Å²) in [4.78, 5) is 11.7. The van der Waals surface area contributed by atoms with E-state index in [4.69, 9.17) is 4.42 Å². The molecule has 0 unspecified atom stereocenters. The Morgan fingerprint density at radius 3 is 2.89 bits per heavy atom. The van der Waals surface area contributed by atoms with Crippen molar-refractivity contribution in [3.63, 3.8) is 0 Å². The summed E-state index contributed by atoms with van der Waals surface area (Å²) in [5.41, 5.74) is 1.57. The number of hydrogen-bond donors (Lipinski definition) is 1. The van der Waals surface area contributed by atoms with E-state index >= 15 is 0 Å². The van der Waals surface area contributed by atoms with E-state index in [9.17, 15) is 4.79 Å². The SMILES string of the molecule is Cc1nnc(-c2cccc(NC(=O)C3CC3)c2)o1. The molecule has 1 N–H and O–H groups in total. The van der Waals surface area contributed by atoms with Crippen molar-refractivity contribution in [3.8, 4) is 11.5 Å². The number of carbonyl (C=O) groups excluding carboxylic acids is 1. The van der Waals surface area contributed by atoms with Crippen LogP contribution in [-0.4, -0.2) is 16.1 Å². The highest BCUT2D eigenvalue weighted by atomic mass is 16.4. The average Bonchev–Trinajstić information content (AvgIpc) is 3.12. The van der Waals surface area contributed by atoms with Gasteiger partial charge in [0.15, 0.2) is 0 Å². The molecule has 92 valence electrons. The molecule has 0 aliphatic heterocycles. The molecular formula is C13H13N3O2. The first-order valence-electron chi connectivity index (χ1n) is 5.94. The standard InChI is InChI=1S/C13H13N3O2/c1-8-15-16-13(18-8)10-3-2-4-11(7-10)14-12(17)9-5-6-9/h2-4,7,9H,5-6H2,1H3,(H,14,17). The number of anilines is 1. The minimum absolute atomic E-state index is 0.0915. The summed E-state index contributed by atoms with van der Waals surface area (Å²) in [6, 6.07) is 7.43. The average molecular weight is 243 g/mol. The van der Waals surface area contributed by atoms with E-state index in [0.717, 1.165) is 24.1 Å². The van der Waals surface area contributed by atoms with Crippen LogP contribution in [0.5, 0.6) is 0 Å². The second kappa shape index (κ2) is 4.25. The van der Waals surface area contributed by atoms with Gasteiger partial charge in [0.05, 0.1) is 0 Å². The van der Waals surface area contributed by atoms with Gasteiger partial charge in [-0.25, -0.2) is 0 Å². The van der Waals surface area contributed by atoms with Gasteiger partial charge in [-0.1, -0.05) is 6.07 Å². The zero-order chi connectivity index (χ0) is 12.5. The number of hydrogen-bond acceptors (Lipinski definition) is 4. The molecule has 1 aromatic heterocycles. The van der Waals surface area contributed by atoms with Gasteiger partial charge in [0.1, 0.15) is 0 Å². The number of rotatable bonds is 3. The molecule has 3 rings (SSSR count). The van der Waals surface area contributed by atoms with Crippen molar-refractivity contribution >= 4 is 11.6 Å². The van der Waals surface area contributed by atoms with E-state index in [1.807, 2.05) is 24.3 Å². The molecule has 1 aliphatic rings. The first kappa shape index (κ1) is 11.0. The zero-order valence-corrected chi connectivity index (χ0v) is 10.0. The largest absolute Gasteiger partial charge is 0.421 e. The molecule has 1 fully saturated rings. The second-order valence-electron chi connectivity index (χ2n) is 4.47. The van der Waals surface area contributed by atoms with Crippen LogP contribution in [0.3, 0.4) is 0 Å². The van der Waals surface area contributed by atoms with Crippen LogP contribution in [0.1, 0.15) is 18.7 Å². The number of benzene rings is 1. The molecule has 1 heterocycles. The topological polar surface area (TPSA) is 68.0 Å². The van der Waals surface area contributed by atoms with Crippen LogP contribution < -0.4 is 5.32 Å². The normalized spacial score (nSPS) is 14.5. The first-order valence-corrected chi connectivity index (χ1v) is 5.94. The Hall–Kier alpha value is -2.17. The molecule has 18 heavy (non-hydrogen) atoms. The van der Waals surface area contributed by atoms with E-state index < -0.39 is 0 Å². The van der Waals surface area contributed by atoms with Crippen LogP contribution in [0.2, 0.25) is 0 Å². The van der Waals surface area contributed by atoms with Gasteiger partial charge in [0.2, 0.25) is 17.7 Å². The van der Waals surface area contributed by atoms with Crippen LogP contribution >= 0.6 is 0 Å². The van der Waals surface area contributed by atoms with Crippen LogP contribution in [-0.2, 0) is 4.79 Å². The fourth-order valence-corrected chi connectivity index (χ4v) is 1.73. The van der Waals surface area contributed by atoms with Gasteiger partial charge in [-0.15, -0.1) is 10.2 Å². The molecule has 5 nitrogen and oxygen atoms in total. The van der Waals surface area contributed by atoms with Crippen LogP contribution in [0.15, 0.2) is 28.7 Å². The van der Waals surface area contributed by atoms with Crippen molar-refractivity contribution in [1.82, 2.24) is 10.2 Å². The molecule has 1 aliphatic carbocycles. The lowest BCUT2D eigenvalue weighted by Crippen LogP contribution is -2.13. The van der Waals surface area contributed by atoms with E-state index in [0.29, 0.717) is 11.8 Å². The summed E-state index contributed by atoms with van der Waals surface area (Å²) < 4.78 is 5.35. The van der Waals surface area contributed by atoms with Crippen molar-refractivity contribution < 1.29 is 9.21 Å². The molecule has 2 aromatic rings. The van der Waals surface area contributed by atoms with E-state index in [2.05, 4.69) is 15.5 Å². The lowest BCUT2D eigenvalue weighted by atomic mass is 10.2. The highest BCUT2D eigenvalue weighted by Crippen LogP contribution is 2.30. The molecular weight excluding hydrogens is 230 g/mol. The minimum atomic E-state index is 0.0915. The van der Waals surface area contributed by atoms with Crippen molar-refractivity contribution in [2.75, 3.05) is 5.32 Å². The maximum Gasteiger partial charge on any atom is 0.247 e. The lowest BCUT2D eigenvalue weighted by molar-refractivity contribution is -0.117. The number of amides is 1. The molecule has 0 bridgehead atoms. The summed E-state index contributed by atoms with van der Waals surface area (Å²) in [5.74, 6) is 1.28. The predicted molar refractivity (Wildman–Crippen MR) is 65.8 cm³/mol. The minimum Gasteiger partial charge on any atom is -0.421 e. The highest BCUT2D eigenvalue weighted by Gasteiger charge is 2.29. The Bertz CT molecular complexity index is 587. The van der Waals surface area contributed by atoms with Gasteiger partial charge in [-0.05, 0) is 31.0 Å². The number of carbonyl (C=O) groups is 1. The number of nitrogens with one attached hydrogen (secondary N) is 1. The molecule has 1 amide bonds. The number of nitrogens with zero attached hydrogens (tertiary/aromatic N) is 2. The van der Waals surface area contributed by atoms with Crippen molar-refractivity contribution in [2.24, 2.45) is 5.92 Å². The monoisotopic (exact) mass is 243 g/mol. The van der Waals surface area contributed by atoms with Gasteiger partial charge in [0, 0.05) is 24.1 Å². The zero-order valence-electron chi connectivity index (χ0n) is 10.0. The Labute approximate surface area is 104 Å². The quantitative estimate of drug-likeness (QED) is 0.898. The Morgan fingerprint density at radius 1 is 1.39 bits per heavy atom. The molecule has 0 radical (unpaired) electrons. The lowest BCUT2D eigenvalue weighted by Gasteiger charge is -2.04. The summed E-state index contributed by atoms with van der Waals surface area (Å²) in [6.45, 7) is 1.75. The van der Waals surface area contributed by atoms with Crippen molar-refractivity contribution in [2.45, 2.75) is 19.8 Å². The van der Waals surface area contributed by atoms with Crippen LogP contribution in [0.4, 0.5) is 5.69 Å². The third kappa shape index (κ3) is 2.25. The smallest absolute Gasteiger partial charge is 0.247 e. The van der Waals surface area contributed by atoms with Crippen molar-refractivity contribution in [1.29, 1.82) is 0 Å². The van der Waals surface area contributed by atoms with Gasteiger partial charge in [-0.2, -0.15) is 0 Å². The van der Waals surface area contributed by atoms with E-state index in [1.165, 1.54) is 0 Å². The fraction of sp³-hybridized carbons (Fsp3) is 0.308. The van der Waals surface area contributed by atoms with Crippen LogP contribution in [0, 0.1) is 12.8 Å². The summed E-state index contributed by atoms with van der Waals surface area (Å²) in [5, 5.41) is 10.6. The Balaban J connectivity index is 1.82. The maximum atomic E-state index is 11.7. The molecule has 0 spiro atoms. The molecule has 1 aromatic carbocycles. The first-order chi connectivity index (χ1) is 8.72. The molecule has 0 atom stereocenters. The summed E-state index contributed by atoms with van der Waals surface area (Å²) >= 11 is 0. The van der Waals surface area contributed by atoms with Gasteiger partial charge >= 0.3 is 0 Å². The summed E-state index contributed by atoms with van der Waals surface area (Å²) in [6.07, 6.45) is 1.99. The second-order valence-corrected chi connectivity index (χ2v) is 4.47. The predicted octanol–water partition coefficient (Wildman–Crippen LogP) is 2.39. The van der Waals surface area contributed by atoms with E-state index in [1.54, 1.807) is 6.92 Å². The van der Waals surface area contributed by atoms with Gasteiger partial charge < -0.3 is 9.73 Å². The number of aromatic nitrogens is 2.